The number of hydrogen-bond acceptors (Lipinski definition) is 2. The van der Waals surface area contributed by atoms with Gasteiger partial charge in [-0.05, 0) is 29.1 Å². The first-order valence-corrected chi connectivity index (χ1v) is 9.17. The van der Waals surface area contributed by atoms with E-state index in [0.717, 1.165) is 27.8 Å². The maximum atomic E-state index is 12.8. The number of alkyl halides is 3. The second kappa shape index (κ2) is 8.86. The fourth-order valence-electron chi connectivity index (χ4n) is 2.98. The van der Waals surface area contributed by atoms with Gasteiger partial charge in [-0.1, -0.05) is 48.5 Å². The number of nitrogens with zero attached hydrogens (tertiary/aromatic N) is 1. The van der Waals surface area contributed by atoms with Gasteiger partial charge in [-0.3, -0.25) is 4.79 Å². The van der Waals surface area contributed by atoms with Crippen molar-refractivity contribution in [2.45, 2.75) is 12.7 Å². The van der Waals surface area contributed by atoms with Crippen LogP contribution in [0.2, 0.25) is 0 Å². The third kappa shape index (κ3) is 5.28. The van der Waals surface area contributed by atoms with Crippen LogP contribution in [0.4, 0.5) is 23.7 Å². The zero-order valence-corrected chi connectivity index (χ0v) is 16.2. The molecule has 5 nitrogen and oxygen atoms in total. The molecule has 0 aliphatic rings. The van der Waals surface area contributed by atoms with Crippen molar-refractivity contribution in [1.29, 1.82) is 0 Å². The molecule has 0 heterocycles. The Labute approximate surface area is 171 Å². The Bertz CT molecular complexity index is 1060. The Morgan fingerprint density at radius 2 is 1.67 bits per heavy atom. The van der Waals surface area contributed by atoms with Crippen molar-refractivity contribution in [3.8, 4) is 0 Å². The molecule has 0 atom stereocenters. The van der Waals surface area contributed by atoms with E-state index in [9.17, 15) is 22.8 Å². The van der Waals surface area contributed by atoms with Crippen LogP contribution < -0.4 is 10.6 Å². The summed E-state index contributed by atoms with van der Waals surface area (Å²) in [5, 5.41) is 7.15. The molecule has 2 N–H and O–H groups in total. The number of fused-ring (bicyclic) bond motifs is 1. The number of halogens is 3. The van der Waals surface area contributed by atoms with Gasteiger partial charge in [-0.2, -0.15) is 13.2 Å². The highest BCUT2D eigenvalue weighted by Crippen LogP contribution is 2.29. The maximum absolute atomic E-state index is 12.8. The van der Waals surface area contributed by atoms with Gasteiger partial charge < -0.3 is 15.5 Å². The minimum atomic E-state index is -4.45. The number of likely N-dealkylation sites (N-methyl/N-ethyl adjacent to an activating group) is 1. The second-order valence-electron chi connectivity index (χ2n) is 6.79. The highest BCUT2D eigenvalue weighted by molar-refractivity contribution is 6.03. The van der Waals surface area contributed by atoms with Gasteiger partial charge in [0.1, 0.15) is 6.54 Å². The van der Waals surface area contributed by atoms with Gasteiger partial charge in [0.05, 0.1) is 5.56 Å². The lowest BCUT2D eigenvalue weighted by Crippen LogP contribution is -2.41. The van der Waals surface area contributed by atoms with E-state index >= 15 is 0 Å². The summed E-state index contributed by atoms with van der Waals surface area (Å²) in [4.78, 5) is 25.7. The quantitative estimate of drug-likeness (QED) is 0.638. The molecule has 0 saturated heterocycles. The van der Waals surface area contributed by atoms with Gasteiger partial charge in [0, 0.05) is 24.7 Å². The Kier molecular flexibility index (Phi) is 6.25. The van der Waals surface area contributed by atoms with E-state index in [1.165, 1.54) is 19.2 Å². The minimum absolute atomic E-state index is 0.0853. The summed E-state index contributed by atoms with van der Waals surface area (Å²) < 4.78 is 38.3. The zero-order chi connectivity index (χ0) is 21.7. The number of carbonyl (C=O) groups excluding carboxylic acids is 2. The fraction of sp³-hybridized carbons (Fsp3) is 0.182. The summed E-state index contributed by atoms with van der Waals surface area (Å²) in [6, 6.07) is 17.3. The molecule has 0 fully saturated rings. The van der Waals surface area contributed by atoms with E-state index in [-0.39, 0.29) is 19.0 Å². The lowest BCUT2D eigenvalue weighted by Gasteiger charge is -2.18. The van der Waals surface area contributed by atoms with E-state index in [1.54, 1.807) is 6.07 Å². The Morgan fingerprint density at radius 3 is 2.43 bits per heavy atom. The number of urea groups is 1. The molecule has 0 aliphatic heterocycles. The van der Waals surface area contributed by atoms with Crippen molar-refractivity contribution in [3.63, 3.8) is 0 Å². The Hall–Kier alpha value is -3.55. The average molecular weight is 415 g/mol. The molecule has 3 amide bonds. The largest absolute Gasteiger partial charge is 0.416 e. The molecule has 0 unspecified atom stereocenters. The molecule has 0 bridgehead atoms. The van der Waals surface area contributed by atoms with E-state index < -0.39 is 17.8 Å². The molecule has 0 radical (unpaired) electrons. The van der Waals surface area contributed by atoms with E-state index in [4.69, 9.17) is 0 Å². The van der Waals surface area contributed by atoms with Crippen LogP contribution in [-0.2, 0) is 17.5 Å². The molecule has 3 rings (SSSR count). The summed E-state index contributed by atoms with van der Waals surface area (Å²) in [6.45, 7) is -0.296. The van der Waals surface area contributed by atoms with Crippen molar-refractivity contribution in [2.75, 3.05) is 18.9 Å². The number of nitrogens with one attached hydrogen (secondary N) is 2. The topological polar surface area (TPSA) is 61.4 Å². The number of amides is 3. The van der Waals surface area contributed by atoms with E-state index in [2.05, 4.69) is 10.6 Å². The van der Waals surface area contributed by atoms with E-state index in [0.29, 0.717) is 11.3 Å². The van der Waals surface area contributed by atoms with Crippen molar-refractivity contribution in [3.05, 3.63) is 77.9 Å². The first-order chi connectivity index (χ1) is 14.2. The zero-order valence-electron chi connectivity index (χ0n) is 16.2. The molecule has 3 aromatic rings. The first kappa shape index (κ1) is 21.2. The summed E-state index contributed by atoms with van der Waals surface area (Å²) >= 11 is 0. The summed E-state index contributed by atoms with van der Waals surface area (Å²) in [6.07, 6.45) is -4.45. The molecule has 30 heavy (non-hydrogen) atoms. The molecule has 0 saturated carbocycles. The van der Waals surface area contributed by atoms with Crippen LogP contribution in [0.15, 0.2) is 66.7 Å². The molecule has 0 spiro atoms. The molecule has 156 valence electrons. The average Bonchev–Trinajstić information content (AvgIpc) is 2.71. The highest BCUT2D eigenvalue weighted by Gasteiger charge is 2.30. The van der Waals surface area contributed by atoms with Crippen molar-refractivity contribution in [1.82, 2.24) is 10.2 Å². The van der Waals surface area contributed by atoms with Crippen LogP contribution in [0.1, 0.15) is 11.1 Å². The maximum Gasteiger partial charge on any atom is 0.416 e. The summed E-state index contributed by atoms with van der Waals surface area (Å²) in [5.74, 6) is -0.386. The van der Waals surface area contributed by atoms with E-state index in [1.807, 2.05) is 36.4 Å². The van der Waals surface area contributed by atoms with Gasteiger partial charge in [0.25, 0.3) is 0 Å². The number of rotatable bonds is 5. The molecule has 0 aromatic heterocycles. The first-order valence-electron chi connectivity index (χ1n) is 9.17. The minimum Gasteiger partial charge on any atom is -0.334 e. The molecular weight excluding hydrogens is 395 g/mol. The lowest BCUT2D eigenvalue weighted by atomic mass is 10.1. The fourth-order valence-corrected chi connectivity index (χ4v) is 2.98. The normalized spacial score (nSPS) is 11.2. The molecule has 0 aliphatic carbocycles. The van der Waals surface area contributed by atoms with Crippen molar-refractivity contribution in [2.24, 2.45) is 0 Å². The molecule has 8 heteroatoms. The van der Waals surface area contributed by atoms with Crippen LogP contribution in [0.25, 0.3) is 10.8 Å². The van der Waals surface area contributed by atoms with Gasteiger partial charge in [-0.25, -0.2) is 4.79 Å². The standard InChI is InChI=1S/C22H20F3N3O2/c1-28(21(30)26-13-15-6-4-9-17(12-15)22(23,24)25)14-20(29)27-19-11-5-8-16-7-2-3-10-18(16)19/h2-12H,13-14H2,1H3,(H,26,30)(H,27,29). The van der Waals surface area contributed by atoms with Gasteiger partial charge in [-0.15, -0.1) is 0 Å². The van der Waals surface area contributed by atoms with Crippen LogP contribution >= 0.6 is 0 Å². The Morgan fingerprint density at radius 1 is 0.967 bits per heavy atom. The van der Waals surface area contributed by atoms with Gasteiger partial charge in [0.2, 0.25) is 5.91 Å². The van der Waals surface area contributed by atoms with Crippen LogP contribution in [-0.4, -0.2) is 30.4 Å². The van der Waals surface area contributed by atoms with Crippen molar-refractivity contribution < 1.29 is 22.8 Å². The second-order valence-corrected chi connectivity index (χ2v) is 6.79. The van der Waals surface area contributed by atoms with Gasteiger partial charge in [0.15, 0.2) is 0 Å². The lowest BCUT2D eigenvalue weighted by molar-refractivity contribution is -0.137. The number of hydrogen-bond donors (Lipinski definition) is 2. The smallest absolute Gasteiger partial charge is 0.334 e. The van der Waals surface area contributed by atoms with Crippen LogP contribution in [0, 0.1) is 0 Å². The third-order valence-corrected chi connectivity index (χ3v) is 4.49. The number of benzene rings is 3. The SMILES string of the molecule is CN(CC(=O)Nc1cccc2ccccc12)C(=O)NCc1cccc(C(F)(F)F)c1. The highest BCUT2D eigenvalue weighted by atomic mass is 19.4. The van der Waals surface area contributed by atoms with Gasteiger partial charge >= 0.3 is 12.2 Å². The van der Waals surface area contributed by atoms with Crippen LogP contribution in [0.3, 0.4) is 0 Å². The summed E-state index contributed by atoms with van der Waals surface area (Å²) in [7, 11) is 1.43. The van der Waals surface area contributed by atoms with Crippen LogP contribution in [0.5, 0.6) is 0 Å². The third-order valence-electron chi connectivity index (χ3n) is 4.49. The number of carbonyl (C=O) groups is 2. The predicted molar refractivity (Wildman–Crippen MR) is 109 cm³/mol. The monoisotopic (exact) mass is 415 g/mol. The molecular formula is C22H20F3N3O2. The molecule has 3 aromatic carbocycles. The van der Waals surface area contributed by atoms with Crippen molar-refractivity contribution >= 4 is 28.4 Å². The Balaban J connectivity index is 1.56. The predicted octanol–water partition coefficient (Wildman–Crippen LogP) is 4.64. The summed E-state index contributed by atoms with van der Waals surface area (Å²) in [5.41, 5.74) is 0.166. The number of anilines is 1.